The predicted molar refractivity (Wildman–Crippen MR) is 86.6 cm³/mol. The molecule has 1 heteroatoms. The van der Waals surface area contributed by atoms with Crippen molar-refractivity contribution in [2.45, 2.75) is 43.9 Å². The second-order valence-electron chi connectivity index (χ2n) is 6.14. The van der Waals surface area contributed by atoms with Crippen molar-refractivity contribution < 1.29 is 4.79 Å². The Morgan fingerprint density at radius 3 is 2.05 bits per heavy atom. The van der Waals surface area contributed by atoms with Crippen molar-refractivity contribution in [2.75, 3.05) is 0 Å². The van der Waals surface area contributed by atoms with Crippen LogP contribution in [0.5, 0.6) is 0 Å². The van der Waals surface area contributed by atoms with Gasteiger partial charge in [0.1, 0.15) is 0 Å². The lowest BCUT2D eigenvalue weighted by atomic mass is 9.74. The SMILES string of the molecule is O=C(CCC1(c2ccccc2)CCCC1)c1ccccc1. The van der Waals surface area contributed by atoms with Crippen LogP contribution in [0.15, 0.2) is 60.7 Å². The molecule has 0 aromatic heterocycles. The van der Waals surface area contributed by atoms with E-state index in [9.17, 15) is 4.79 Å². The molecule has 0 spiro atoms. The van der Waals surface area contributed by atoms with Crippen LogP contribution in [0.25, 0.3) is 0 Å². The lowest BCUT2D eigenvalue weighted by molar-refractivity contribution is 0.0969. The van der Waals surface area contributed by atoms with E-state index in [2.05, 4.69) is 30.3 Å². The van der Waals surface area contributed by atoms with Crippen molar-refractivity contribution in [1.82, 2.24) is 0 Å². The highest BCUT2D eigenvalue weighted by atomic mass is 16.1. The fraction of sp³-hybridized carbons (Fsp3) is 0.350. The summed E-state index contributed by atoms with van der Waals surface area (Å²) in [5.41, 5.74) is 2.49. The monoisotopic (exact) mass is 278 g/mol. The van der Waals surface area contributed by atoms with E-state index < -0.39 is 0 Å². The van der Waals surface area contributed by atoms with Crippen LogP contribution in [0.2, 0.25) is 0 Å². The quantitative estimate of drug-likeness (QED) is 0.690. The van der Waals surface area contributed by atoms with Gasteiger partial charge >= 0.3 is 0 Å². The molecule has 1 fully saturated rings. The number of hydrogen-bond donors (Lipinski definition) is 0. The summed E-state index contributed by atoms with van der Waals surface area (Å²) in [5.74, 6) is 0.276. The predicted octanol–water partition coefficient (Wildman–Crippen LogP) is 5.16. The van der Waals surface area contributed by atoms with Crippen LogP contribution in [0.1, 0.15) is 54.4 Å². The van der Waals surface area contributed by atoms with Gasteiger partial charge in [-0.3, -0.25) is 4.79 Å². The summed E-state index contributed by atoms with van der Waals surface area (Å²) in [5, 5.41) is 0. The number of Topliss-reactive ketones (excluding diaryl/α,β-unsaturated/α-hetero) is 1. The van der Waals surface area contributed by atoms with Crippen LogP contribution in [0, 0.1) is 0 Å². The van der Waals surface area contributed by atoms with Gasteiger partial charge < -0.3 is 0 Å². The summed E-state index contributed by atoms with van der Waals surface area (Å²) >= 11 is 0. The summed E-state index contributed by atoms with van der Waals surface area (Å²) in [4.78, 5) is 12.4. The van der Waals surface area contributed by atoms with Crippen molar-refractivity contribution in [2.24, 2.45) is 0 Å². The molecule has 21 heavy (non-hydrogen) atoms. The highest BCUT2D eigenvalue weighted by Crippen LogP contribution is 2.44. The Kier molecular flexibility index (Phi) is 4.19. The first-order valence-electron chi connectivity index (χ1n) is 7.94. The fourth-order valence-electron chi connectivity index (χ4n) is 3.65. The Bertz CT molecular complexity index is 580. The van der Waals surface area contributed by atoms with Crippen LogP contribution in [-0.2, 0) is 5.41 Å². The first-order valence-corrected chi connectivity index (χ1v) is 7.94. The number of carbonyl (C=O) groups excluding carboxylic acids is 1. The molecule has 2 aromatic rings. The second kappa shape index (κ2) is 6.26. The van der Waals surface area contributed by atoms with E-state index in [0.717, 1.165) is 12.0 Å². The molecule has 0 N–H and O–H groups in total. The molecule has 0 aliphatic heterocycles. The molecular weight excluding hydrogens is 256 g/mol. The Morgan fingerprint density at radius 2 is 1.43 bits per heavy atom. The van der Waals surface area contributed by atoms with Gasteiger partial charge in [-0.25, -0.2) is 0 Å². The average molecular weight is 278 g/mol. The minimum Gasteiger partial charge on any atom is -0.294 e. The molecule has 1 aliphatic rings. The van der Waals surface area contributed by atoms with E-state index in [4.69, 9.17) is 0 Å². The molecule has 0 heterocycles. The maximum atomic E-state index is 12.4. The Labute approximate surface area is 127 Å². The van der Waals surface area contributed by atoms with Crippen molar-refractivity contribution in [1.29, 1.82) is 0 Å². The number of ketones is 1. The Hall–Kier alpha value is -1.89. The lowest BCUT2D eigenvalue weighted by Gasteiger charge is -2.29. The lowest BCUT2D eigenvalue weighted by Crippen LogP contribution is -2.23. The molecule has 1 nitrogen and oxygen atoms in total. The van der Waals surface area contributed by atoms with Gasteiger partial charge in [0.05, 0.1) is 0 Å². The highest BCUT2D eigenvalue weighted by Gasteiger charge is 2.35. The largest absolute Gasteiger partial charge is 0.294 e. The van der Waals surface area contributed by atoms with Crippen LogP contribution in [0.4, 0.5) is 0 Å². The van der Waals surface area contributed by atoms with Gasteiger partial charge in [0.15, 0.2) is 5.78 Å². The molecule has 0 unspecified atom stereocenters. The summed E-state index contributed by atoms with van der Waals surface area (Å²) < 4.78 is 0. The minimum absolute atomic E-state index is 0.228. The third-order valence-corrected chi connectivity index (χ3v) is 4.87. The Balaban J connectivity index is 1.74. The number of benzene rings is 2. The molecular formula is C20H22O. The zero-order valence-corrected chi connectivity index (χ0v) is 12.4. The molecule has 1 aliphatic carbocycles. The van der Waals surface area contributed by atoms with Crippen molar-refractivity contribution in [3.8, 4) is 0 Å². The van der Waals surface area contributed by atoms with Gasteiger partial charge in [0, 0.05) is 12.0 Å². The summed E-state index contributed by atoms with van der Waals surface area (Å²) in [7, 11) is 0. The molecule has 3 rings (SSSR count). The van der Waals surface area contributed by atoms with Crippen molar-refractivity contribution >= 4 is 5.78 Å². The maximum Gasteiger partial charge on any atom is 0.162 e. The smallest absolute Gasteiger partial charge is 0.162 e. The maximum absolute atomic E-state index is 12.4. The van der Waals surface area contributed by atoms with E-state index in [1.807, 2.05) is 30.3 Å². The van der Waals surface area contributed by atoms with Gasteiger partial charge in [-0.2, -0.15) is 0 Å². The topological polar surface area (TPSA) is 17.1 Å². The average Bonchev–Trinajstić information content (AvgIpc) is 3.04. The summed E-state index contributed by atoms with van der Waals surface area (Å²) in [6, 6.07) is 20.5. The summed E-state index contributed by atoms with van der Waals surface area (Å²) in [6.07, 6.45) is 6.64. The zero-order valence-electron chi connectivity index (χ0n) is 12.4. The number of hydrogen-bond acceptors (Lipinski definition) is 1. The first-order chi connectivity index (χ1) is 10.3. The molecule has 0 amide bonds. The van der Waals surface area contributed by atoms with Gasteiger partial charge in [-0.05, 0) is 30.2 Å². The number of rotatable bonds is 5. The van der Waals surface area contributed by atoms with Gasteiger partial charge in [0.2, 0.25) is 0 Å². The van der Waals surface area contributed by atoms with Crippen molar-refractivity contribution in [3.05, 3.63) is 71.8 Å². The molecule has 0 saturated heterocycles. The van der Waals surface area contributed by atoms with Crippen LogP contribution < -0.4 is 0 Å². The van der Waals surface area contributed by atoms with Gasteiger partial charge in [-0.1, -0.05) is 73.5 Å². The minimum atomic E-state index is 0.228. The standard InChI is InChI=1S/C20H22O/c21-19(17-9-3-1-4-10-17)13-16-20(14-7-8-15-20)18-11-5-2-6-12-18/h1-6,9-12H,7-8,13-16H2. The molecule has 2 aromatic carbocycles. The Morgan fingerprint density at radius 1 is 0.857 bits per heavy atom. The van der Waals surface area contributed by atoms with Gasteiger partial charge in [0.25, 0.3) is 0 Å². The molecule has 1 saturated carbocycles. The van der Waals surface area contributed by atoms with Crippen LogP contribution in [0.3, 0.4) is 0 Å². The second-order valence-corrected chi connectivity index (χ2v) is 6.14. The van der Waals surface area contributed by atoms with E-state index in [1.165, 1.54) is 31.2 Å². The first kappa shape index (κ1) is 14.1. The fourth-order valence-corrected chi connectivity index (χ4v) is 3.65. The number of carbonyl (C=O) groups is 1. The van der Waals surface area contributed by atoms with E-state index in [1.54, 1.807) is 0 Å². The third-order valence-electron chi connectivity index (χ3n) is 4.87. The van der Waals surface area contributed by atoms with E-state index >= 15 is 0 Å². The van der Waals surface area contributed by atoms with Crippen molar-refractivity contribution in [3.63, 3.8) is 0 Å². The van der Waals surface area contributed by atoms with E-state index in [-0.39, 0.29) is 11.2 Å². The highest BCUT2D eigenvalue weighted by molar-refractivity contribution is 5.96. The molecule has 0 atom stereocenters. The summed E-state index contributed by atoms with van der Waals surface area (Å²) in [6.45, 7) is 0. The van der Waals surface area contributed by atoms with E-state index in [0.29, 0.717) is 6.42 Å². The normalized spacial score (nSPS) is 16.8. The molecule has 0 bridgehead atoms. The zero-order chi connectivity index (χ0) is 14.5. The molecule has 108 valence electrons. The third kappa shape index (κ3) is 3.07. The molecule has 0 radical (unpaired) electrons. The van der Waals surface area contributed by atoms with Crippen LogP contribution in [-0.4, -0.2) is 5.78 Å². The van der Waals surface area contributed by atoms with Gasteiger partial charge in [-0.15, -0.1) is 0 Å². The van der Waals surface area contributed by atoms with Crippen LogP contribution >= 0.6 is 0 Å².